The molecule has 3 nitrogen and oxygen atoms in total. The second kappa shape index (κ2) is 4.76. The van der Waals surface area contributed by atoms with Crippen molar-refractivity contribution in [1.82, 2.24) is 10.6 Å². The van der Waals surface area contributed by atoms with E-state index in [0.29, 0.717) is 6.04 Å². The maximum atomic E-state index is 11.8. The molecule has 2 bridgehead atoms. The van der Waals surface area contributed by atoms with E-state index in [9.17, 15) is 4.79 Å². The Morgan fingerprint density at radius 1 is 1.16 bits per heavy atom. The van der Waals surface area contributed by atoms with E-state index in [0.717, 1.165) is 30.2 Å². The summed E-state index contributed by atoms with van der Waals surface area (Å²) in [4.78, 5) is 11.8. The molecule has 2 N–H and O–H groups in total. The van der Waals surface area contributed by atoms with Crippen LogP contribution in [0.5, 0.6) is 0 Å². The van der Waals surface area contributed by atoms with Crippen molar-refractivity contribution in [2.45, 2.75) is 52.0 Å². The Hall–Kier alpha value is -0.570. The van der Waals surface area contributed by atoms with E-state index in [1.54, 1.807) is 7.05 Å². The Bertz CT molecular complexity index is 366. The normalized spacial score (nSPS) is 40.5. The monoisotopic (exact) mass is 264 g/mol. The average molecular weight is 264 g/mol. The summed E-state index contributed by atoms with van der Waals surface area (Å²) in [6.07, 6.45) is 7.22. The molecule has 0 aromatic carbocycles. The molecule has 19 heavy (non-hydrogen) atoms. The standard InChI is InChI=1S/C16H28N2O/c1-16(2,15(19)17-3)9-18-14-8-10-7-13(14)12-6-4-5-11(10)12/h10-14,18H,4-9H2,1-3H3,(H,17,19)/t10-,11+,12-,13-,14-/m1/s1. The van der Waals surface area contributed by atoms with Crippen LogP contribution in [0.1, 0.15) is 46.0 Å². The molecule has 3 aliphatic carbocycles. The van der Waals surface area contributed by atoms with Gasteiger partial charge in [-0.25, -0.2) is 0 Å². The first-order valence-corrected chi connectivity index (χ1v) is 7.98. The van der Waals surface area contributed by atoms with Crippen molar-refractivity contribution in [2.75, 3.05) is 13.6 Å². The van der Waals surface area contributed by atoms with Crippen molar-refractivity contribution in [3.05, 3.63) is 0 Å². The van der Waals surface area contributed by atoms with Gasteiger partial charge in [-0.2, -0.15) is 0 Å². The number of rotatable bonds is 4. The zero-order valence-electron chi connectivity index (χ0n) is 12.5. The first-order chi connectivity index (χ1) is 9.03. The predicted octanol–water partition coefficient (Wildman–Crippen LogP) is 2.17. The Labute approximate surface area is 116 Å². The minimum atomic E-state index is -0.300. The van der Waals surface area contributed by atoms with E-state index in [1.807, 2.05) is 13.8 Å². The van der Waals surface area contributed by atoms with Gasteiger partial charge in [0.1, 0.15) is 0 Å². The smallest absolute Gasteiger partial charge is 0.226 e. The van der Waals surface area contributed by atoms with Crippen molar-refractivity contribution < 1.29 is 4.79 Å². The Morgan fingerprint density at radius 3 is 2.63 bits per heavy atom. The van der Waals surface area contributed by atoms with E-state index in [2.05, 4.69) is 10.6 Å². The quantitative estimate of drug-likeness (QED) is 0.817. The summed E-state index contributed by atoms with van der Waals surface area (Å²) < 4.78 is 0. The summed E-state index contributed by atoms with van der Waals surface area (Å²) in [7, 11) is 1.73. The molecule has 0 saturated heterocycles. The van der Waals surface area contributed by atoms with Crippen LogP contribution in [-0.4, -0.2) is 25.5 Å². The summed E-state index contributed by atoms with van der Waals surface area (Å²) in [6.45, 7) is 4.87. The van der Waals surface area contributed by atoms with E-state index in [1.165, 1.54) is 32.1 Å². The van der Waals surface area contributed by atoms with Gasteiger partial charge in [0.2, 0.25) is 5.91 Å². The molecule has 108 valence electrons. The molecule has 3 rings (SSSR count). The third-order valence-electron chi connectivity index (χ3n) is 6.08. The zero-order valence-corrected chi connectivity index (χ0v) is 12.5. The molecule has 3 aliphatic rings. The first kappa shape index (κ1) is 13.4. The number of hydrogen-bond acceptors (Lipinski definition) is 2. The van der Waals surface area contributed by atoms with Crippen molar-refractivity contribution in [3.8, 4) is 0 Å². The third-order valence-corrected chi connectivity index (χ3v) is 6.08. The number of carbonyl (C=O) groups excluding carboxylic acids is 1. The summed E-state index contributed by atoms with van der Waals surface area (Å²) in [5, 5.41) is 6.49. The van der Waals surface area contributed by atoms with Crippen molar-refractivity contribution in [3.63, 3.8) is 0 Å². The highest BCUT2D eigenvalue weighted by Crippen LogP contribution is 2.58. The maximum absolute atomic E-state index is 11.8. The molecule has 1 amide bonds. The Balaban J connectivity index is 1.56. The number of hydrogen-bond donors (Lipinski definition) is 2. The molecule has 0 aromatic heterocycles. The first-order valence-electron chi connectivity index (χ1n) is 7.98. The van der Waals surface area contributed by atoms with Crippen molar-refractivity contribution in [1.29, 1.82) is 0 Å². The SMILES string of the molecule is CNC(=O)C(C)(C)CN[C@@H]1C[C@H]2C[C@@H]1[C@@H]1CCC[C@@H]21. The van der Waals surface area contributed by atoms with Gasteiger partial charge in [0.25, 0.3) is 0 Å². The second-order valence-corrected chi connectivity index (χ2v) is 7.60. The fourth-order valence-electron chi connectivity index (χ4n) is 5.11. The van der Waals surface area contributed by atoms with Gasteiger partial charge in [0.05, 0.1) is 5.41 Å². The second-order valence-electron chi connectivity index (χ2n) is 7.60. The molecular weight excluding hydrogens is 236 g/mol. The molecule has 0 spiro atoms. The summed E-state index contributed by atoms with van der Waals surface area (Å²) in [5.41, 5.74) is -0.300. The van der Waals surface area contributed by atoms with Gasteiger partial charge in [-0.1, -0.05) is 6.42 Å². The maximum Gasteiger partial charge on any atom is 0.226 e. The highest BCUT2D eigenvalue weighted by Gasteiger charge is 2.53. The molecule has 3 saturated carbocycles. The fraction of sp³-hybridized carbons (Fsp3) is 0.938. The van der Waals surface area contributed by atoms with E-state index >= 15 is 0 Å². The van der Waals surface area contributed by atoms with Gasteiger partial charge >= 0.3 is 0 Å². The fourth-order valence-corrected chi connectivity index (χ4v) is 5.11. The van der Waals surface area contributed by atoms with Crippen LogP contribution in [0.3, 0.4) is 0 Å². The van der Waals surface area contributed by atoms with Crippen LogP contribution in [0, 0.1) is 29.1 Å². The lowest BCUT2D eigenvalue weighted by Gasteiger charge is -2.34. The number of nitrogens with one attached hydrogen (secondary N) is 2. The number of amides is 1. The molecule has 0 radical (unpaired) electrons. The summed E-state index contributed by atoms with van der Waals surface area (Å²) in [5.74, 6) is 4.08. The lowest BCUT2D eigenvalue weighted by atomic mass is 9.78. The van der Waals surface area contributed by atoms with Crippen LogP contribution in [-0.2, 0) is 4.79 Å². The highest BCUT2D eigenvalue weighted by molar-refractivity contribution is 5.81. The van der Waals surface area contributed by atoms with E-state index in [-0.39, 0.29) is 11.3 Å². The van der Waals surface area contributed by atoms with Gasteiger partial charge in [-0.05, 0) is 63.2 Å². The van der Waals surface area contributed by atoms with Gasteiger partial charge in [-0.15, -0.1) is 0 Å². The van der Waals surface area contributed by atoms with Gasteiger partial charge in [0.15, 0.2) is 0 Å². The summed E-state index contributed by atoms with van der Waals surface area (Å²) >= 11 is 0. The lowest BCUT2D eigenvalue weighted by Crippen LogP contribution is -2.47. The average Bonchev–Trinajstić information content (AvgIpc) is 3.06. The Morgan fingerprint density at radius 2 is 1.89 bits per heavy atom. The topological polar surface area (TPSA) is 41.1 Å². The minimum absolute atomic E-state index is 0.141. The molecule has 0 aromatic rings. The predicted molar refractivity (Wildman–Crippen MR) is 76.7 cm³/mol. The van der Waals surface area contributed by atoms with Crippen LogP contribution in [0.4, 0.5) is 0 Å². The molecule has 5 atom stereocenters. The summed E-state index contributed by atoms with van der Waals surface area (Å²) in [6, 6.07) is 0.674. The van der Waals surface area contributed by atoms with Crippen LogP contribution in [0.25, 0.3) is 0 Å². The van der Waals surface area contributed by atoms with Crippen molar-refractivity contribution >= 4 is 5.91 Å². The van der Waals surface area contributed by atoms with Gasteiger partial charge in [0, 0.05) is 19.6 Å². The van der Waals surface area contributed by atoms with Crippen LogP contribution < -0.4 is 10.6 Å². The van der Waals surface area contributed by atoms with Crippen molar-refractivity contribution in [2.24, 2.45) is 29.1 Å². The lowest BCUT2D eigenvalue weighted by molar-refractivity contribution is -0.128. The number of carbonyl (C=O) groups is 1. The third kappa shape index (κ3) is 2.20. The molecule has 0 heterocycles. The number of fused-ring (bicyclic) bond motifs is 5. The minimum Gasteiger partial charge on any atom is -0.359 e. The van der Waals surface area contributed by atoms with E-state index < -0.39 is 0 Å². The molecule has 3 heteroatoms. The van der Waals surface area contributed by atoms with Gasteiger partial charge in [-0.3, -0.25) is 4.79 Å². The van der Waals surface area contributed by atoms with Crippen LogP contribution in [0.15, 0.2) is 0 Å². The van der Waals surface area contributed by atoms with Crippen LogP contribution in [0.2, 0.25) is 0 Å². The van der Waals surface area contributed by atoms with Gasteiger partial charge < -0.3 is 10.6 Å². The van der Waals surface area contributed by atoms with Crippen LogP contribution >= 0.6 is 0 Å². The highest BCUT2D eigenvalue weighted by atomic mass is 16.2. The Kier molecular flexibility index (Phi) is 3.36. The molecule has 0 aliphatic heterocycles. The molecular formula is C16H28N2O. The molecule has 0 unspecified atom stereocenters. The van der Waals surface area contributed by atoms with E-state index in [4.69, 9.17) is 0 Å². The molecule has 3 fully saturated rings. The largest absolute Gasteiger partial charge is 0.359 e. The zero-order chi connectivity index (χ0) is 13.6.